The van der Waals surface area contributed by atoms with Gasteiger partial charge in [0.1, 0.15) is 0 Å². The number of hydrogen-bond donors (Lipinski definition) is 0. The molecule has 0 aliphatic carbocycles. The molecule has 0 saturated carbocycles. The topological polar surface area (TPSA) is 34.1 Å². The third kappa shape index (κ3) is 3.90. The van der Waals surface area contributed by atoms with Crippen LogP contribution in [0.4, 0.5) is 0 Å². The molecule has 0 unspecified atom stereocenters. The van der Waals surface area contributed by atoms with Gasteiger partial charge in [-0.15, -0.1) is 0 Å². The number of thioether (sulfide) groups is 1. The van der Waals surface area contributed by atoms with Crippen molar-refractivity contribution in [2.75, 3.05) is 6.26 Å². The zero-order valence-corrected chi connectivity index (χ0v) is 9.64. The predicted molar refractivity (Wildman–Crippen MR) is 64.0 cm³/mol. The Morgan fingerprint density at radius 3 is 2.73 bits per heavy atom. The van der Waals surface area contributed by atoms with Gasteiger partial charge >= 0.3 is 0 Å². The molecule has 0 fully saturated rings. The molecule has 78 valence electrons. The van der Waals surface area contributed by atoms with E-state index < -0.39 is 10.9 Å². The number of hydrogen-bond acceptors (Lipinski definition) is 3. The summed E-state index contributed by atoms with van der Waals surface area (Å²) in [6.45, 7) is 0. The van der Waals surface area contributed by atoms with E-state index in [1.165, 1.54) is 6.08 Å². The van der Waals surface area contributed by atoms with Crippen molar-refractivity contribution in [3.63, 3.8) is 0 Å². The largest absolute Gasteiger partial charge is 0.285 e. The number of halogens is 1. The molecule has 15 heavy (non-hydrogen) atoms. The van der Waals surface area contributed by atoms with Gasteiger partial charge in [-0.1, -0.05) is 41.6 Å². The molecule has 0 heterocycles. The molecule has 1 aromatic rings. The van der Waals surface area contributed by atoms with Gasteiger partial charge in [0.15, 0.2) is 0 Å². The molecule has 0 saturated heterocycles. The standard InChI is InChI=1S/C11H9ClO2S/c1-15-11(14)10(13)6-5-8-3-2-4-9(12)7-8/h2-7H,1H3/b6-5+. The first-order valence-electron chi connectivity index (χ1n) is 4.19. The second-order valence-electron chi connectivity index (χ2n) is 2.74. The highest BCUT2D eigenvalue weighted by molar-refractivity contribution is 8.14. The van der Waals surface area contributed by atoms with Gasteiger partial charge in [0, 0.05) is 5.02 Å². The molecule has 0 aliphatic heterocycles. The van der Waals surface area contributed by atoms with Gasteiger partial charge in [-0.2, -0.15) is 0 Å². The average Bonchev–Trinajstić information content (AvgIpc) is 2.25. The summed E-state index contributed by atoms with van der Waals surface area (Å²) in [7, 11) is 0. The molecule has 0 spiro atoms. The first-order chi connectivity index (χ1) is 7.13. The van der Waals surface area contributed by atoms with Crippen molar-refractivity contribution in [1.82, 2.24) is 0 Å². The van der Waals surface area contributed by atoms with Gasteiger partial charge in [-0.25, -0.2) is 0 Å². The average molecular weight is 241 g/mol. The van der Waals surface area contributed by atoms with Crippen LogP contribution in [-0.4, -0.2) is 17.2 Å². The maximum atomic E-state index is 11.1. The van der Waals surface area contributed by atoms with E-state index in [1.54, 1.807) is 36.6 Å². The fraction of sp³-hybridized carbons (Fsp3) is 0.0909. The Balaban J connectivity index is 2.74. The van der Waals surface area contributed by atoms with E-state index >= 15 is 0 Å². The van der Waals surface area contributed by atoms with Crippen molar-refractivity contribution in [2.24, 2.45) is 0 Å². The van der Waals surface area contributed by atoms with Crippen molar-refractivity contribution in [1.29, 1.82) is 0 Å². The van der Waals surface area contributed by atoms with Crippen molar-refractivity contribution in [3.8, 4) is 0 Å². The zero-order valence-electron chi connectivity index (χ0n) is 8.07. The van der Waals surface area contributed by atoms with E-state index in [1.807, 2.05) is 0 Å². The summed E-state index contributed by atoms with van der Waals surface area (Å²) >= 11 is 6.67. The number of benzene rings is 1. The molecule has 0 N–H and O–H groups in total. The molecule has 0 aliphatic rings. The number of rotatable bonds is 3. The second kappa shape index (κ2) is 5.73. The molecular weight excluding hydrogens is 232 g/mol. The van der Waals surface area contributed by atoms with Gasteiger partial charge in [0.25, 0.3) is 5.12 Å². The van der Waals surface area contributed by atoms with E-state index in [0.29, 0.717) is 5.02 Å². The van der Waals surface area contributed by atoms with Crippen LogP contribution in [0.3, 0.4) is 0 Å². The Kier molecular flexibility index (Phi) is 4.59. The summed E-state index contributed by atoms with van der Waals surface area (Å²) in [6.07, 6.45) is 4.40. The maximum absolute atomic E-state index is 11.1. The van der Waals surface area contributed by atoms with Crippen molar-refractivity contribution in [3.05, 3.63) is 40.9 Å². The summed E-state index contributed by atoms with van der Waals surface area (Å²) < 4.78 is 0. The number of carbonyl (C=O) groups is 2. The highest BCUT2D eigenvalue weighted by atomic mass is 35.5. The Labute approximate surface area is 97.3 Å². The van der Waals surface area contributed by atoms with Crippen LogP contribution in [0.25, 0.3) is 6.08 Å². The molecule has 0 atom stereocenters. The number of ketones is 1. The lowest BCUT2D eigenvalue weighted by molar-refractivity contribution is -0.128. The minimum atomic E-state index is -0.512. The quantitative estimate of drug-likeness (QED) is 0.602. The molecular formula is C11H9ClO2S. The molecule has 0 radical (unpaired) electrons. The van der Waals surface area contributed by atoms with Gasteiger partial charge in [0.05, 0.1) is 0 Å². The Morgan fingerprint density at radius 2 is 2.13 bits per heavy atom. The summed E-state index contributed by atoms with van der Waals surface area (Å²) in [6, 6.07) is 7.05. The summed E-state index contributed by atoms with van der Waals surface area (Å²) in [5.74, 6) is -0.512. The normalized spacial score (nSPS) is 10.5. The molecule has 0 aromatic heterocycles. The van der Waals surface area contributed by atoms with Crippen LogP contribution >= 0.6 is 23.4 Å². The highest BCUT2D eigenvalue weighted by Crippen LogP contribution is 2.12. The molecule has 4 heteroatoms. The molecule has 0 amide bonds. The minimum absolute atomic E-state index is 0.465. The Bertz CT molecular complexity index is 413. The highest BCUT2D eigenvalue weighted by Gasteiger charge is 2.06. The first kappa shape index (κ1) is 12.0. The van der Waals surface area contributed by atoms with Crippen LogP contribution < -0.4 is 0 Å². The van der Waals surface area contributed by atoms with Crippen molar-refractivity contribution < 1.29 is 9.59 Å². The third-order valence-electron chi connectivity index (χ3n) is 1.66. The minimum Gasteiger partial charge on any atom is -0.285 e. The third-order valence-corrected chi connectivity index (χ3v) is 2.47. The number of carbonyl (C=O) groups excluding carboxylic acids is 2. The van der Waals surface area contributed by atoms with Gasteiger partial charge < -0.3 is 0 Å². The van der Waals surface area contributed by atoms with E-state index in [9.17, 15) is 9.59 Å². The van der Waals surface area contributed by atoms with Crippen LogP contribution in [0.5, 0.6) is 0 Å². The summed E-state index contributed by atoms with van der Waals surface area (Å²) in [5, 5.41) is 0.133. The van der Waals surface area contributed by atoms with Gasteiger partial charge in [-0.3, -0.25) is 9.59 Å². The van der Waals surface area contributed by atoms with Gasteiger partial charge in [0.2, 0.25) is 5.78 Å². The second-order valence-corrected chi connectivity index (χ2v) is 3.96. The van der Waals surface area contributed by atoms with E-state index in [2.05, 4.69) is 0 Å². The maximum Gasteiger partial charge on any atom is 0.259 e. The monoisotopic (exact) mass is 240 g/mol. The van der Waals surface area contributed by atoms with Gasteiger partial charge in [-0.05, 0) is 30.0 Å². The first-order valence-corrected chi connectivity index (χ1v) is 5.79. The van der Waals surface area contributed by atoms with E-state index in [0.717, 1.165) is 17.3 Å². The summed E-state index contributed by atoms with van der Waals surface area (Å²) in [4.78, 5) is 22.1. The lowest BCUT2D eigenvalue weighted by atomic mass is 10.2. The summed E-state index contributed by atoms with van der Waals surface area (Å²) in [5.41, 5.74) is 0.796. The SMILES string of the molecule is CSC(=O)C(=O)/C=C/c1cccc(Cl)c1. The molecule has 1 rings (SSSR count). The Hall–Kier alpha value is -1.06. The van der Waals surface area contributed by atoms with Crippen LogP contribution in [0.2, 0.25) is 5.02 Å². The fourth-order valence-electron chi connectivity index (χ4n) is 0.951. The fourth-order valence-corrected chi connectivity index (χ4v) is 1.42. The molecule has 2 nitrogen and oxygen atoms in total. The van der Waals surface area contributed by atoms with E-state index in [4.69, 9.17) is 11.6 Å². The van der Waals surface area contributed by atoms with Crippen LogP contribution in [0, 0.1) is 0 Å². The Morgan fingerprint density at radius 1 is 1.40 bits per heavy atom. The smallest absolute Gasteiger partial charge is 0.259 e. The van der Waals surface area contributed by atoms with Crippen LogP contribution in [-0.2, 0) is 9.59 Å². The van der Waals surface area contributed by atoms with Crippen LogP contribution in [0.15, 0.2) is 30.3 Å². The van der Waals surface area contributed by atoms with E-state index in [-0.39, 0.29) is 0 Å². The lowest BCUT2D eigenvalue weighted by Gasteiger charge is -1.93. The lowest BCUT2D eigenvalue weighted by Crippen LogP contribution is -2.04. The zero-order chi connectivity index (χ0) is 11.3. The van der Waals surface area contributed by atoms with Crippen molar-refractivity contribution >= 4 is 40.3 Å². The van der Waals surface area contributed by atoms with Crippen LogP contribution in [0.1, 0.15) is 5.56 Å². The molecule has 1 aromatic carbocycles. The number of allylic oxidation sites excluding steroid dienone is 1. The van der Waals surface area contributed by atoms with Crippen molar-refractivity contribution in [2.45, 2.75) is 0 Å². The molecule has 0 bridgehead atoms. The predicted octanol–water partition coefficient (Wildman–Crippen LogP) is 2.81.